The van der Waals surface area contributed by atoms with Crippen LogP contribution in [0.15, 0.2) is 60.7 Å². The Balaban J connectivity index is 1.16. The van der Waals surface area contributed by atoms with Gasteiger partial charge in [-0.25, -0.2) is 0 Å². The predicted octanol–water partition coefficient (Wildman–Crippen LogP) is 2.20. The molecule has 3 aromatic carbocycles. The van der Waals surface area contributed by atoms with Crippen LogP contribution < -0.4 is 30.7 Å². The Labute approximate surface area is 241 Å². The largest absolute Gasteiger partial charge is 0.454 e. The van der Waals surface area contributed by atoms with Crippen molar-refractivity contribution in [3.05, 3.63) is 81.9 Å². The summed E-state index contributed by atoms with van der Waals surface area (Å²) < 4.78 is 10.5. The summed E-state index contributed by atoms with van der Waals surface area (Å²) in [5.41, 5.74) is -0.312. The summed E-state index contributed by atoms with van der Waals surface area (Å²) in [6, 6.07) is 16.4. The van der Waals surface area contributed by atoms with Crippen LogP contribution >= 0.6 is 0 Å². The monoisotopic (exact) mass is 573 g/mol. The number of fused-ring (bicyclic) bond motifs is 2. The van der Waals surface area contributed by atoms with Gasteiger partial charge in [0.15, 0.2) is 11.5 Å². The van der Waals surface area contributed by atoms with E-state index in [0.29, 0.717) is 31.7 Å². The van der Waals surface area contributed by atoms with E-state index in [-0.39, 0.29) is 55.1 Å². The van der Waals surface area contributed by atoms with Crippen molar-refractivity contribution in [2.24, 2.45) is 0 Å². The minimum atomic E-state index is -1.17. The van der Waals surface area contributed by atoms with Crippen molar-refractivity contribution in [3.63, 3.8) is 0 Å². The summed E-state index contributed by atoms with van der Waals surface area (Å²) in [6.07, 6.45) is 3.41. The number of hydrogen-bond donors (Lipinski definition) is 4. The fourth-order valence-corrected chi connectivity index (χ4v) is 5.17. The third-order valence-electron chi connectivity index (χ3n) is 7.35. The Morgan fingerprint density at radius 2 is 1.69 bits per heavy atom. The molecular formula is C30H31N5O7. The number of nitrogens with one attached hydrogen (secondary N) is 4. The number of nitro groups is 1. The maximum atomic E-state index is 13.3. The van der Waals surface area contributed by atoms with Gasteiger partial charge in [-0.2, -0.15) is 0 Å². The van der Waals surface area contributed by atoms with Crippen molar-refractivity contribution in [1.82, 2.24) is 21.3 Å². The number of hydrogen-bond acceptors (Lipinski definition) is 8. The van der Waals surface area contributed by atoms with E-state index in [1.54, 1.807) is 0 Å². The third kappa shape index (κ3) is 6.50. The molecule has 0 bridgehead atoms. The first kappa shape index (κ1) is 28.6. The van der Waals surface area contributed by atoms with Gasteiger partial charge < -0.3 is 30.7 Å². The zero-order valence-corrected chi connectivity index (χ0v) is 22.8. The Morgan fingerprint density at radius 3 is 2.48 bits per heavy atom. The lowest BCUT2D eigenvalue weighted by Crippen LogP contribution is -2.63. The van der Waals surface area contributed by atoms with Crippen LogP contribution in [0.5, 0.6) is 11.5 Å². The molecule has 0 saturated carbocycles. The molecule has 0 atom stereocenters. The summed E-state index contributed by atoms with van der Waals surface area (Å²) in [5.74, 6) is -0.476. The number of carbonyl (C=O) groups is 3. The normalized spacial score (nSPS) is 15.3. The molecule has 2 aliphatic rings. The maximum Gasteiger partial charge on any atom is 0.280 e. The standard InChI is InChI=1S/C30H31N5O7/c36-27(9-8-22-16-25-26(42-19-41-25)18-24(22)35(39)40)34-30(10-12-31-13-11-30)29(38)33-15-14-32-28(37)17-21-6-3-5-20-4-1-2-7-23(20)21/h1-9,16,18,31H,10-15,17,19H2,(H,32,37)(H,33,38)(H,34,36)/b9-8+. The maximum absolute atomic E-state index is 13.3. The number of nitro benzene ring substituents is 1. The van der Waals surface area contributed by atoms with E-state index in [1.165, 1.54) is 18.2 Å². The highest BCUT2D eigenvalue weighted by atomic mass is 16.7. The number of ether oxygens (including phenoxy) is 2. The van der Waals surface area contributed by atoms with Crippen LogP contribution in [0.2, 0.25) is 0 Å². The zero-order chi connectivity index (χ0) is 29.5. The molecule has 4 N–H and O–H groups in total. The van der Waals surface area contributed by atoms with Gasteiger partial charge in [0, 0.05) is 19.2 Å². The predicted molar refractivity (Wildman–Crippen MR) is 155 cm³/mol. The van der Waals surface area contributed by atoms with Crippen molar-refractivity contribution in [2.45, 2.75) is 24.8 Å². The second kappa shape index (κ2) is 12.7. The first-order chi connectivity index (χ1) is 20.3. The highest BCUT2D eigenvalue weighted by Crippen LogP contribution is 2.38. The number of rotatable bonds is 10. The molecule has 0 unspecified atom stereocenters. The fraction of sp³-hybridized carbons (Fsp3) is 0.300. The van der Waals surface area contributed by atoms with Crippen LogP contribution in [0.4, 0.5) is 5.69 Å². The van der Waals surface area contributed by atoms with E-state index < -0.39 is 16.4 Å². The van der Waals surface area contributed by atoms with E-state index in [2.05, 4.69) is 21.3 Å². The summed E-state index contributed by atoms with van der Waals surface area (Å²) >= 11 is 0. The minimum Gasteiger partial charge on any atom is -0.454 e. The van der Waals surface area contributed by atoms with Crippen LogP contribution in [-0.4, -0.2) is 61.2 Å². The molecule has 0 spiro atoms. The van der Waals surface area contributed by atoms with E-state index in [9.17, 15) is 24.5 Å². The van der Waals surface area contributed by atoms with Crippen molar-refractivity contribution < 1.29 is 28.8 Å². The zero-order valence-electron chi connectivity index (χ0n) is 22.8. The van der Waals surface area contributed by atoms with Crippen molar-refractivity contribution >= 4 is 40.3 Å². The third-order valence-corrected chi connectivity index (χ3v) is 7.35. The van der Waals surface area contributed by atoms with Gasteiger partial charge in [0.1, 0.15) is 5.54 Å². The highest BCUT2D eigenvalue weighted by Gasteiger charge is 2.40. The summed E-state index contributed by atoms with van der Waals surface area (Å²) in [6.45, 7) is 1.41. The summed E-state index contributed by atoms with van der Waals surface area (Å²) in [7, 11) is 0. The number of benzene rings is 3. The number of carbonyl (C=O) groups excluding carboxylic acids is 3. The van der Waals surface area contributed by atoms with E-state index >= 15 is 0 Å². The molecule has 5 rings (SSSR count). The van der Waals surface area contributed by atoms with Crippen LogP contribution in [-0.2, 0) is 20.8 Å². The van der Waals surface area contributed by atoms with E-state index in [1.807, 2.05) is 42.5 Å². The van der Waals surface area contributed by atoms with E-state index in [0.717, 1.165) is 22.4 Å². The van der Waals surface area contributed by atoms with Gasteiger partial charge in [0.25, 0.3) is 5.69 Å². The SMILES string of the molecule is O=C(/C=C/c1cc2c(cc1[N+](=O)[O-])OCO2)NC1(C(=O)NCCNC(=O)Cc2cccc3ccccc23)CCNCC1. The molecule has 218 valence electrons. The van der Waals surface area contributed by atoms with Crippen LogP contribution in [0.1, 0.15) is 24.0 Å². The number of amides is 3. The molecule has 0 radical (unpaired) electrons. The van der Waals surface area contributed by atoms with Gasteiger partial charge in [-0.05, 0) is 54.4 Å². The van der Waals surface area contributed by atoms with Gasteiger partial charge in [-0.1, -0.05) is 42.5 Å². The average Bonchev–Trinajstić information content (AvgIpc) is 3.46. The Hall–Kier alpha value is -4.97. The topological polar surface area (TPSA) is 161 Å². The van der Waals surface area contributed by atoms with Gasteiger partial charge >= 0.3 is 0 Å². The molecule has 1 fully saturated rings. The second-order valence-electron chi connectivity index (χ2n) is 10.1. The molecule has 3 amide bonds. The summed E-state index contributed by atoms with van der Waals surface area (Å²) in [5, 5.41) is 25.3. The molecule has 0 aromatic heterocycles. The smallest absolute Gasteiger partial charge is 0.280 e. The van der Waals surface area contributed by atoms with Crippen molar-refractivity contribution in [2.75, 3.05) is 33.0 Å². The molecule has 12 nitrogen and oxygen atoms in total. The summed E-state index contributed by atoms with van der Waals surface area (Å²) in [4.78, 5) is 49.7. The lowest BCUT2D eigenvalue weighted by molar-refractivity contribution is -0.385. The fourth-order valence-electron chi connectivity index (χ4n) is 5.17. The van der Waals surface area contributed by atoms with Crippen LogP contribution in [0.3, 0.4) is 0 Å². The molecule has 2 heterocycles. The molecular weight excluding hydrogens is 542 g/mol. The molecule has 3 aromatic rings. The Kier molecular flexibility index (Phi) is 8.63. The van der Waals surface area contributed by atoms with Gasteiger partial charge in [-0.3, -0.25) is 24.5 Å². The number of piperidine rings is 1. The number of nitrogens with zero attached hydrogens (tertiary/aromatic N) is 1. The molecule has 0 aliphatic carbocycles. The van der Waals surface area contributed by atoms with Crippen LogP contribution in [0, 0.1) is 10.1 Å². The molecule has 1 saturated heterocycles. The van der Waals surface area contributed by atoms with Crippen molar-refractivity contribution in [3.8, 4) is 11.5 Å². The average molecular weight is 574 g/mol. The van der Waals surface area contributed by atoms with Gasteiger partial charge in [-0.15, -0.1) is 0 Å². The Morgan fingerprint density at radius 1 is 0.976 bits per heavy atom. The molecule has 12 heteroatoms. The second-order valence-corrected chi connectivity index (χ2v) is 10.1. The van der Waals surface area contributed by atoms with Gasteiger partial charge in [0.05, 0.1) is 23.0 Å². The first-order valence-corrected chi connectivity index (χ1v) is 13.7. The van der Waals surface area contributed by atoms with E-state index in [4.69, 9.17) is 9.47 Å². The first-order valence-electron chi connectivity index (χ1n) is 13.7. The molecule has 42 heavy (non-hydrogen) atoms. The van der Waals surface area contributed by atoms with Crippen molar-refractivity contribution in [1.29, 1.82) is 0 Å². The van der Waals surface area contributed by atoms with Crippen LogP contribution in [0.25, 0.3) is 16.8 Å². The minimum absolute atomic E-state index is 0.0420. The quantitative estimate of drug-likeness (QED) is 0.124. The lowest BCUT2D eigenvalue weighted by atomic mass is 9.87. The van der Waals surface area contributed by atoms with Gasteiger partial charge in [0.2, 0.25) is 24.5 Å². The lowest BCUT2D eigenvalue weighted by Gasteiger charge is -2.36. The molecule has 2 aliphatic heterocycles. The highest BCUT2D eigenvalue weighted by molar-refractivity contribution is 5.98. The Bertz CT molecular complexity index is 1540.